The molecule has 3 saturated heterocycles. The first-order valence-electron chi connectivity index (χ1n) is 42.5. The Labute approximate surface area is 780 Å². The summed E-state index contributed by atoms with van der Waals surface area (Å²) in [5, 5.41) is 87.5. The van der Waals surface area contributed by atoms with Crippen molar-refractivity contribution in [3.05, 3.63) is 248 Å². The highest BCUT2D eigenvalue weighted by molar-refractivity contribution is 6.01. The van der Waals surface area contributed by atoms with Crippen LogP contribution >= 0.6 is 0 Å². The first-order valence-corrected chi connectivity index (χ1v) is 42.5. The summed E-state index contributed by atoms with van der Waals surface area (Å²) in [6.45, 7) is 10.9. The fourth-order valence-corrected chi connectivity index (χ4v) is 15.0. The average molecular weight is 1970 g/mol. The summed E-state index contributed by atoms with van der Waals surface area (Å²) in [5.41, 5.74) is -4.52. The number of aliphatic hydroxyl groups excluding tert-OH is 3. The van der Waals surface area contributed by atoms with Crippen molar-refractivity contribution in [2.75, 3.05) is 7.05 Å². The molecule has 0 saturated carbocycles. The van der Waals surface area contributed by atoms with E-state index in [1.165, 1.54) is 71.5 Å². The van der Waals surface area contributed by atoms with Gasteiger partial charge in [0.25, 0.3) is 23.6 Å². The molecule has 48 heteroatoms. The number of pyridine rings is 3. The predicted molar refractivity (Wildman–Crippen MR) is 454 cm³/mol. The number of likely N-dealkylation sites (N-methyl/N-ethyl adjacent to an activating group) is 1. The van der Waals surface area contributed by atoms with Gasteiger partial charge in [-0.25, -0.2) is 80.8 Å². The molecule has 6 heterocycles. The summed E-state index contributed by atoms with van der Waals surface area (Å²) in [4.78, 5) is 173. The summed E-state index contributed by atoms with van der Waals surface area (Å²) in [7, 11) is 1.29. The monoisotopic (exact) mass is 1970 g/mol. The van der Waals surface area contributed by atoms with Crippen LogP contribution in [0, 0.1) is 111 Å². The maximum Gasteiger partial charge on any atom is 0.312 e. The minimum Gasteiger partial charge on any atom is -0.505 e. The molecule has 139 heavy (non-hydrogen) atoms. The lowest BCUT2D eigenvalue weighted by Crippen LogP contribution is -2.64. The zero-order valence-electron chi connectivity index (χ0n) is 74.6. The Kier molecular flexibility index (Phi) is 36.5. The number of benzene rings is 5. The Hall–Kier alpha value is -14.6. The summed E-state index contributed by atoms with van der Waals surface area (Å²) in [5.74, 6) is -52.8. The fourth-order valence-electron chi connectivity index (χ4n) is 15.0. The fraction of sp³-hybridized carbons (Fsp3) is 0.374. The van der Waals surface area contributed by atoms with Gasteiger partial charge in [-0.1, -0.05) is 88.4 Å². The van der Waals surface area contributed by atoms with Crippen LogP contribution in [0.2, 0.25) is 0 Å². The van der Waals surface area contributed by atoms with Crippen molar-refractivity contribution in [3.63, 3.8) is 0 Å². The summed E-state index contributed by atoms with van der Waals surface area (Å²) >= 11 is 0. The van der Waals surface area contributed by atoms with Gasteiger partial charge in [-0.2, -0.15) is 0 Å². The van der Waals surface area contributed by atoms with Gasteiger partial charge in [-0.15, -0.1) is 0 Å². The van der Waals surface area contributed by atoms with Gasteiger partial charge in [-0.05, 0) is 87.6 Å². The van der Waals surface area contributed by atoms with Crippen molar-refractivity contribution in [1.29, 1.82) is 0 Å². The number of carbonyl (C=O) groups excluding carboxylic acids is 12. The highest BCUT2D eigenvalue weighted by Gasteiger charge is 2.47. The van der Waals surface area contributed by atoms with Gasteiger partial charge in [0.05, 0.1) is 72.3 Å². The van der Waals surface area contributed by atoms with Gasteiger partial charge < -0.3 is 93.4 Å². The third-order valence-electron chi connectivity index (χ3n) is 23.0. The van der Waals surface area contributed by atoms with E-state index in [1.54, 1.807) is 74.5 Å². The minimum absolute atomic E-state index is 0.0625. The summed E-state index contributed by atoms with van der Waals surface area (Å²) in [6.07, 6.45) is -7.81. The van der Waals surface area contributed by atoms with E-state index >= 15 is 0 Å². The van der Waals surface area contributed by atoms with Crippen molar-refractivity contribution in [2.45, 2.75) is 185 Å². The number of nitrogens with one attached hydrogen (secondary N) is 10. The molecule has 18 atom stereocenters. The zero-order valence-corrected chi connectivity index (χ0v) is 74.6. The highest BCUT2D eigenvalue weighted by atomic mass is 19.2. The second-order valence-corrected chi connectivity index (χ2v) is 33.3. The Morgan fingerprint density at radius 3 is 1.00 bits per heavy atom. The van der Waals surface area contributed by atoms with E-state index in [0.29, 0.717) is 11.1 Å². The number of esters is 1. The molecule has 0 spiro atoms. The van der Waals surface area contributed by atoms with Crippen LogP contribution in [-0.2, 0) is 80.0 Å². The largest absolute Gasteiger partial charge is 0.505 e. The summed E-state index contributed by atoms with van der Waals surface area (Å²) < 4.78 is 219. The zero-order chi connectivity index (χ0) is 103. The normalized spacial score (nSPS) is 24.2. The number of hydrogen-bond acceptors (Lipinski definition) is 22. The van der Waals surface area contributed by atoms with Gasteiger partial charge in [0.15, 0.2) is 93.0 Å². The molecule has 33 nitrogen and oxygen atoms in total. The SMILES string of the molecule is CC(C)CC1C(=O)N[C@H](C)[C@H](NC(=O)c2ncccc2O)C(=O)N[C@@H](Cc2c(F)c(F)c(F)c(F)c2F)[C@@H](O)[C@@H](C)C(=O)N1C.C[C@H]1NC(=O)C(Cc2ccccc2)NC(=O)[C@H](C)[C@H](O)[C@H](Cc2c(F)c(F)c(F)c(F)c2F)NC(=O)[C@H]1NC(=O)c1ncccc1O.C[C@H]1NC(=O)C(Cc2ccccc2)OC(=O)[C@H](C)[C@H](O)[C@H](Cc2c(F)c(F)c(F)c(F)c2F)NC(=O)[C@H]1NC(=O)c1ncccc1O. The van der Waals surface area contributed by atoms with Gasteiger partial charge in [0, 0.05) is 74.4 Å². The number of aliphatic hydroxyl groups is 3. The van der Waals surface area contributed by atoms with Crippen molar-refractivity contribution in [3.8, 4) is 17.2 Å². The minimum atomic E-state index is -2.43. The van der Waals surface area contributed by atoms with Crippen LogP contribution in [0.15, 0.2) is 116 Å². The van der Waals surface area contributed by atoms with Crippen LogP contribution in [-0.4, -0.2) is 219 Å². The molecular weight excluding hydrogens is 1880 g/mol. The first kappa shape index (κ1) is 108. The van der Waals surface area contributed by atoms with Crippen molar-refractivity contribution in [2.24, 2.45) is 23.7 Å². The number of ether oxygens (including phenoxy) is 1. The molecule has 8 aromatic rings. The number of hydrogen-bond donors (Lipinski definition) is 16. The van der Waals surface area contributed by atoms with E-state index < -0.39 is 337 Å². The number of rotatable bonds is 18. The van der Waals surface area contributed by atoms with Gasteiger partial charge >= 0.3 is 5.97 Å². The van der Waals surface area contributed by atoms with E-state index in [0.717, 1.165) is 36.9 Å². The molecule has 0 radical (unpaired) electrons. The molecule has 3 aromatic heterocycles. The van der Waals surface area contributed by atoms with Gasteiger partial charge in [-0.3, -0.25) is 57.5 Å². The van der Waals surface area contributed by atoms with Gasteiger partial charge in [0.2, 0.25) is 58.8 Å². The molecular formula is C91H93F15N14O19. The molecule has 3 aliphatic heterocycles. The first-order chi connectivity index (χ1) is 65.4. The molecule has 16 N–H and O–H groups in total. The number of cyclic esters (lactones) is 1. The lowest BCUT2D eigenvalue weighted by molar-refractivity contribution is -0.164. The number of carbonyl (C=O) groups is 12. The second-order valence-electron chi connectivity index (χ2n) is 33.3. The molecule has 11 amide bonds. The smallest absolute Gasteiger partial charge is 0.312 e. The van der Waals surface area contributed by atoms with Crippen molar-refractivity contribution >= 4 is 70.9 Å². The molecule has 3 aliphatic rings. The van der Waals surface area contributed by atoms with E-state index in [-0.39, 0.29) is 25.2 Å². The number of halogens is 15. The van der Waals surface area contributed by atoms with Crippen LogP contribution in [0.1, 0.15) is 121 Å². The van der Waals surface area contributed by atoms with E-state index in [9.17, 15) is 154 Å². The molecule has 11 rings (SSSR count). The number of aromatic hydroxyl groups is 3. The Morgan fingerprint density at radius 1 is 0.367 bits per heavy atom. The molecule has 5 aromatic carbocycles. The van der Waals surface area contributed by atoms with Crippen LogP contribution in [0.4, 0.5) is 65.9 Å². The molecule has 3 unspecified atom stereocenters. The van der Waals surface area contributed by atoms with Gasteiger partial charge in [0.1, 0.15) is 47.5 Å². The molecule has 3 fully saturated rings. The number of aromatic nitrogens is 3. The average Bonchev–Trinajstić information content (AvgIpc) is 0.808. The van der Waals surface area contributed by atoms with Crippen molar-refractivity contribution in [1.82, 2.24) is 73.0 Å². The Bertz CT molecular complexity index is 5620. The Balaban J connectivity index is 0.000000233. The van der Waals surface area contributed by atoms with E-state index in [4.69, 9.17) is 4.74 Å². The highest BCUT2D eigenvalue weighted by Crippen LogP contribution is 2.33. The standard InChI is InChI=1S/C31H30F5N5O6.C31H29F5N4O7.C29H34F5N5O6/c1-13-27(43)17(12-16-20(32)22(34)24(36)23(35)21(16)33)39-30(46)25(41-31(47)26-19(42)9-6-10-37-26)14(2)38-29(45)18(40-28(13)44)11-15-7-4-3-5-8-15;1-13-27(42)17(12-16-20(32)22(34)24(36)23(35)21(16)33)39-29(44)25(40-30(45)26-18(41)9-6-10-37-26)14(2)38-28(43)19(47-31(13)46)11-15-7-4-3-5-8-15;1-11(2)9-16-26(42)36-13(4)23(38-28(44)24-17(40)7-6-8-35-24)27(43)37-15(25(41)12(3)29(45)39(16)5)10-14-18(30)20(32)22(34)21(33)19(14)31/h3-10,13-14,17-18,25,27,42-43H,11-12H2,1-2H3,(H,38,45)(H,39,46)(H,40,44)(H,41,47);3-10,13-14,17,19,25,27,41-42H,11-12H2,1-2H3,(H,38,43)(H,39,44)(H,40,45);6-8,11-13,15-16,23,25,40-41H,9-10H2,1-5H3,(H,36,42)(H,37,43)(H,38,44)/t13-,14-,17+,18?,25+,27+;13-,14-,17+,19?,25+,27+;12-,13-,15+,16?,23+,25+/m111/s1. The topological polar surface area (TPSA) is 498 Å². The number of amides is 11. The lowest BCUT2D eigenvalue weighted by Gasteiger charge is -2.37. The molecule has 746 valence electrons. The molecule has 0 bridgehead atoms. The van der Waals surface area contributed by atoms with Crippen LogP contribution < -0.4 is 53.2 Å². The quantitative estimate of drug-likeness (QED) is 0.0226. The second kappa shape index (κ2) is 47.0. The van der Waals surface area contributed by atoms with Crippen LogP contribution in [0.3, 0.4) is 0 Å². The van der Waals surface area contributed by atoms with Crippen LogP contribution in [0.25, 0.3) is 0 Å². The lowest BCUT2D eigenvalue weighted by atomic mass is 9.89. The predicted octanol–water partition coefficient (Wildman–Crippen LogP) is 5.23. The van der Waals surface area contributed by atoms with Crippen LogP contribution in [0.5, 0.6) is 17.2 Å². The number of nitrogens with zero attached hydrogens (tertiary/aromatic N) is 4. The maximum absolute atomic E-state index is 14.7. The van der Waals surface area contributed by atoms with Crippen molar-refractivity contribution < 1.29 is 159 Å². The maximum atomic E-state index is 14.7. The third kappa shape index (κ3) is 25.6. The Morgan fingerprint density at radius 2 is 0.669 bits per heavy atom. The van der Waals surface area contributed by atoms with E-state index in [1.807, 2.05) is 0 Å². The molecule has 0 aliphatic carbocycles. The summed E-state index contributed by atoms with van der Waals surface area (Å²) in [6, 6.07) is 6.95. The van der Waals surface area contributed by atoms with E-state index in [2.05, 4.69) is 68.1 Å². The third-order valence-corrected chi connectivity index (χ3v) is 23.0.